The fourth-order valence-corrected chi connectivity index (χ4v) is 3.48. The minimum Gasteiger partial charge on any atom is -0.388 e. The summed E-state index contributed by atoms with van der Waals surface area (Å²) in [4.78, 5) is 16.3. The average Bonchev–Trinajstić information content (AvgIpc) is 2.98. The van der Waals surface area contributed by atoms with Crippen molar-refractivity contribution in [1.82, 2.24) is 5.01 Å². The zero-order valence-electron chi connectivity index (χ0n) is 14.0. The van der Waals surface area contributed by atoms with E-state index in [4.69, 9.17) is 10.5 Å². The Balaban J connectivity index is 2.16. The molecule has 6 nitrogen and oxygen atoms in total. The molecule has 1 aliphatic heterocycles. The molecule has 136 valence electrons. The molecule has 0 aliphatic carbocycles. The Labute approximate surface area is 149 Å². The maximum atomic E-state index is 14.0. The van der Waals surface area contributed by atoms with Gasteiger partial charge >= 0.3 is 0 Å². The van der Waals surface area contributed by atoms with E-state index in [0.717, 1.165) is 18.2 Å². The van der Waals surface area contributed by atoms with Crippen LogP contribution in [0.2, 0.25) is 0 Å². The number of thioether (sulfide) groups is 1. The lowest BCUT2D eigenvalue weighted by molar-refractivity contribution is -0.135. The standard InChI is InChI=1S/C16H20F2N4O2S/c1-10(19)20-7-3-4-15-22(14(23)9-24-2)21-16(25-15)12-8-11(17)5-6-13(12)18/h5-6,8,15H,3-4,7,9H2,1-2H3,(H2,19,20). The van der Waals surface area contributed by atoms with Gasteiger partial charge in [0, 0.05) is 19.2 Å². The molecule has 1 heterocycles. The van der Waals surface area contributed by atoms with Gasteiger partial charge in [0.2, 0.25) is 0 Å². The second-order valence-electron chi connectivity index (χ2n) is 5.44. The van der Waals surface area contributed by atoms with E-state index in [-0.39, 0.29) is 28.5 Å². The van der Waals surface area contributed by atoms with Crippen molar-refractivity contribution in [2.45, 2.75) is 25.1 Å². The number of hydrogen-bond donors (Lipinski definition) is 1. The second kappa shape index (κ2) is 8.91. The summed E-state index contributed by atoms with van der Waals surface area (Å²) in [5, 5.41) is 5.40. The number of benzene rings is 1. The van der Waals surface area contributed by atoms with Gasteiger partial charge in [0.05, 0.1) is 5.84 Å². The number of hydrogen-bond acceptors (Lipinski definition) is 5. The minimum absolute atomic E-state index is 0.0403. The predicted octanol–water partition coefficient (Wildman–Crippen LogP) is 2.33. The minimum atomic E-state index is -0.587. The molecule has 1 aromatic carbocycles. The number of amidine groups is 1. The SMILES string of the molecule is COCC(=O)N1N=C(c2cc(F)ccc2F)SC1CCCN=C(C)N. The van der Waals surface area contributed by atoms with Crippen molar-refractivity contribution in [2.75, 3.05) is 20.3 Å². The summed E-state index contributed by atoms with van der Waals surface area (Å²) in [6, 6.07) is 3.16. The van der Waals surface area contributed by atoms with E-state index in [1.54, 1.807) is 6.92 Å². The predicted molar refractivity (Wildman–Crippen MR) is 94.4 cm³/mol. The van der Waals surface area contributed by atoms with Crippen molar-refractivity contribution in [2.24, 2.45) is 15.8 Å². The third kappa shape index (κ3) is 5.23. The zero-order valence-corrected chi connectivity index (χ0v) is 14.9. The summed E-state index contributed by atoms with van der Waals surface area (Å²) in [6.45, 7) is 2.08. The average molecular weight is 370 g/mol. The molecule has 9 heteroatoms. The third-order valence-electron chi connectivity index (χ3n) is 3.37. The molecular formula is C16H20F2N4O2S. The zero-order chi connectivity index (χ0) is 18.4. The van der Waals surface area contributed by atoms with Crippen LogP contribution in [-0.2, 0) is 9.53 Å². The first-order valence-corrected chi connectivity index (χ1v) is 8.58. The van der Waals surface area contributed by atoms with Gasteiger partial charge in [0.15, 0.2) is 0 Å². The van der Waals surface area contributed by atoms with E-state index < -0.39 is 11.6 Å². The van der Waals surface area contributed by atoms with Crippen molar-refractivity contribution < 1.29 is 18.3 Å². The van der Waals surface area contributed by atoms with Crippen molar-refractivity contribution in [3.63, 3.8) is 0 Å². The molecular weight excluding hydrogens is 350 g/mol. The van der Waals surface area contributed by atoms with Crippen LogP contribution >= 0.6 is 11.8 Å². The summed E-state index contributed by atoms with van der Waals surface area (Å²) in [5.74, 6) is -1.00. The highest BCUT2D eigenvalue weighted by molar-refractivity contribution is 8.15. The Bertz CT molecular complexity index is 693. The molecule has 0 saturated heterocycles. The van der Waals surface area contributed by atoms with E-state index in [9.17, 15) is 13.6 Å². The molecule has 0 bridgehead atoms. The maximum Gasteiger partial charge on any atom is 0.269 e. The fraction of sp³-hybridized carbons (Fsp3) is 0.438. The van der Waals surface area contributed by atoms with E-state index in [0.29, 0.717) is 25.2 Å². The van der Waals surface area contributed by atoms with Gasteiger partial charge in [-0.05, 0) is 38.0 Å². The number of rotatable bonds is 7. The van der Waals surface area contributed by atoms with Gasteiger partial charge in [-0.2, -0.15) is 5.10 Å². The topological polar surface area (TPSA) is 80.3 Å². The Kier molecular flexibility index (Phi) is 6.89. The van der Waals surface area contributed by atoms with Gasteiger partial charge < -0.3 is 10.5 Å². The van der Waals surface area contributed by atoms with Crippen LogP contribution < -0.4 is 5.73 Å². The van der Waals surface area contributed by atoms with E-state index in [1.807, 2.05) is 0 Å². The van der Waals surface area contributed by atoms with E-state index >= 15 is 0 Å². The quantitative estimate of drug-likeness (QED) is 0.454. The first-order valence-electron chi connectivity index (χ1n) is 7.70. The third-order valence-corrected chi connectivity index (χ3v) is 4.60. The number of carbonyl (C=O) groups excluding carboxylic acids is 1. The smallest absolute Gasteiger partial charge is 0.269 e. The normalized spacial score (nSPS) is 17.8. The van der Waals surface area contributed by atoms with E-state index in [2.05, 4.69) is 10.1 Å². The molecule has 0 aromatic heterocycles. The molecule has 0 saturated carbocycles. The largest absolute Gasteiger partial charge is 0.388 e. The molecule has 1 atom stereocenters. The molecule has 0 fully saturated rings. The summed E-state index contributed by atoms with van der Waals surface area (Å²) < 4.78 is 32.3. The Morgan fingerprint density at radius 1 is 1.48 bits per heavy atom. The second-order valence-corrected chi connectivity index (χ2v) is 6.61. The molecule has 2 N–H and O–H groups in total. The van der Waals surface area contributed by atoms with Crippen LogP contribution in [0.25, 0.3) is 0 Å². The number of nitrogens with zero attached hydrogens (tertiary/aromatic N) is 3. The molecule has 1 aromatic rings. The van der Waals surface area contributed by atoms with Crippen molar-refractivity contribution in [3.8, 4) is 0 Å². The summed E-state index contributed by atoms with van der Waals surface area (Å²) in [7, 11) is 1.41. The first kappa shape index (κ1) is 19.3. The van der Waals surface area contributed by atoms with Gasteiger partial charge in [-0.15, -0.1) is 0 Å². The number of hydrazone groups is 1. The Hall–Kier alpha value is -2.00. The maximum absolute atomic E-state index is 14.0. The van der Waals surface area contributed by atoms with Gasteiger partial charge in [-0.3, -0.25) is 9.79 Å². The molecule has 2 rings (SSSR count). The molecule has 0 radical (unpaired) electrons. The van der Waals surface area contributed by atoms with Gasteiger partial charge in [0.1, 0.15) is 28.7 Å². The molecule has 1 amide bonds. The van der Waals surface area contributed by atoms with E-state index in [1.165, 1.54) is 23.9 Å². The lowest BCUT2D eigenvalue weighted by Gasteiger charge is -2.20. The summed E-state index contributed by atoms with van der Waals surface area (Å²) in [5.41, 5.74) is 5.53. The van der Waals surface area contributed by atoms with Crippen LogP contribution in [0.3, 0.4) is 0 Å². The van der Waals surface area contributed by atoms with Crippen LogP contribution in [0.5, 0.6) is 0 Å². The highest BCUT2D eigenvalue weighted by Crippen LogP contribution is 2.33. The molecule has 25 heavy (non-hydrogen) atoms. The number of halogens is 2. The van der Waals surface area contributed by atoms with Gasteiger partial charge in [-0.1, -0.05) is 11.8 Å². The van der Waals surface area contributed by atoms with Crippen molar-refractivity contribution >= 4 is 28.5 Å². The van der Waals surface area contributed by atoms with Crippen LogP contribution in [0.4, 0.5) is 8.78 Å². The van der Waals surface area contributed by atoms with Crippen molar-refractivity contribution in [1.29, 1.82) is 0 Å². The lowest BCUT2D eigenvalue weighted by Crippen LogP contribution is -2.33. The molecule has 1 unspecified atom stereocenters. The summed E-state index contributed by atoms with van der Waals surface area (Å²) >= 11 is 1.22. The van der Waals surface area contributed by atoms with Crippen LogP contribution in [0.15, 0.2) is 28.3 Å². The fourth-order valence-electron chi connectivity index (χ4n) is 2.25. The number of carbonyl (C=O) groups is 1. The Morgan fingerprint density at radius 2 is 2.24 bits per heavy atom. The molecule has 0 spiro atoms. The van der Waals surface area contributed by atoms with Crippen LogP contribution in [0.1, 0.15) is 25.3 Å². The number of methoxy groups -OCH3 is 1. The number of ether oxygens (including phenoxy) is 1. The van der Waals surface area contributed by atoms with Gasteiger partial charge in [-0.25, -0.2) is 13.8 Å². The molecule has 1 aliphatic rings. The van der Waals surface area contributed by atoms with Crippen molar-refractivity contribution in [3.05, 3.63) is 35.4 Å². The number of nitrogens with two attached hydrogens (primary N) is 1. The first-order chi connectivity index (χ1) is 11.9. The van der Waals surface area contributed by atoms with Gasteiger partial charge in [0.25, 0.3) is 5.91 Å². The summed E-state index contributed by atoms with van der Waals surface area (Å²) in [6.07, 6.45) is 1.26. The lowest BCUT2D eigenvalue weighted by atomic mass is 10.2. The van der Waals surface area contributed by atoms with Crippen LogP contribution in [0, 0.1) is 11.6 Å². The van der Waals surface area contributed by atoms with Crippen LogP contribution in [-0.4, -0.2) is 47.4 Å². The number of aliphatic imine (C=N–C) groups is 1. The number of amides is 1. The Morgan fingerprint density at radius 3 is 2.92 bits per heavy atom. The highest BCUT2D eigenvalue weighted by Gasteiger charge is 2.33. The monoisotopic (exact) mass is 370 g/mol. The highest BCUT2D eigenvalue weighted by atomic mass is 32.2.